The lowest BCUT2D eigenvalue weighted by molar-refractivity contribution is -0.117. The van der Waals surface area contributed by atoms with E-state index in [4.69, 9.17) is 0 Å². The first kappa shape index (κ1) is 12.6. The molecule has 0 spiro atoms. The number of hydrogen-bond donors (Lipinski definition) is 2. The Bertz CT molecular complexity index is 579. The van der Waals surface area contributed by atoms with Crippen molar-refractivity contribution in [1.82, 2.24) is 9.97 Å². The fourth-order valence-electron chi connectivity index (χ4n) is 1.87. The quantitative estimate of drug-likeness (QED) is 0.874. The molecule has 1 saturated carbocycles. The largest absolute Gasteiger partial charge is 0.350 e. The third-order valence-corrected chi connectivity index (χ3v) is 3.19. The molecule has 102 valence electrons. The summed E-state index contributed by atoms with van der Waals surface area (Å²) in [5.41, 5.74) is 1.96. The molecule has 1 fully saturated rings. The number of nitrogens with zero attached hydrogens (tertiary/aromatic N) is 2. The van der Waals surface area contributed by atoms with E-state index in [1.807, 2.05) is 24.3 Å². The summed E-state index contributed by atoms with van der Waals surface area (Å²) in [4.78, 5) is 19.8. The van der Waals surface area contributed by atoms with Gasteiger partial charge < -0.3 is 10.6 Å². The molecule has 0 aliphatic heterocycles. The predicted molar refractivity (Wildman–Crippen MR) is 77.2 cm³/mol. The third-order valence-electron chi connectivity index (χ3n) is 3.19. The molecule has 0 radical (unpaired) electrons. The first-order chi connectivity index (χ1) is 9.81. The van der Waals surface area contributed by atoms with Gasteiger partial charge in [0.1, 0.15) is 0 Å². The monoisotopic (exact) mass is 268 g/mol. The second-order valence-electron chi connectivity index (χ2n) is 4.89. The summed E-state index contributed by atoms with van der Waals surface area (Å²) >= 11 is 0. The van der Waals surface area contributed by atoms with Crippen LogP contribution in [0.1, 0.15) is 18.4 Å². The third kappa shape index (κ3) is 3.32. The number of benzene rings is 1. The summed E-state index contributed by atoms with van der Waals surface area (Å²) in [6.45, 7) is 0.654. The second-order valence-corrected chi connectivity index (χ2v) is 4.89. The van der Waals surface area contributed by atoms with Crippen LogP contribution in [0.3, 0.4) is 0 Å². The number of anilines is 2. The molecule has 1 aliphatic rings. The molecule has 2 aromatic rings. The van der Waals surface area contributed by atoms with Crippen LogP contribution in [0.5, 0.6) is 0 Å². The number of amides is 1. The van der Waals surface area contributed by atoms with Crippen molar-refractivity contribution in [3.05, 3.63) is 48.3 Å². The first-order valence-electron chi connectivity index (χ1n) is 6.72. The Hall–Kier alpha value is -2.43. The van der Waals surface area contributed by atoms with Gasteiger partial charge in [0.25, 0.3) is 0 Å². The fraction of sp³-hybridized carbons (Fsp3) is 0.267. The Morgan fingerprint density at radius 3 is 2.50 bits per heavy atom. The van der Waals surface area contributed by atoms with E-state index in [1.54, 1.807) is 18.5 Å². The molecule has 1 aromatic heterocycles. The minimum Gasteiger partial charge on any atom is -0.350 e. The average molecular weight is 268 g/mol. The number of carbonyl (C=O) groups excluding carboxylic acids is 1. The van der Waals surface area contributed by atoms with Crippen molar-refractivity contribution < 1.29 is 4.79 Å². The molecule has 3 rings (SSSR count). The minimum absolute atomic E-state index is 0.133. The van der Waals surface area contributed by atoms with Crippen molar-refractivity contribution in [3.8, 4) is 0 Å². The Kier molecular flexibility index (Phi) is 3.58. The minimum atomic E-state index is 0.133. The van der Waals surface area contributed by atoms with Gasteiger partial charge in [0, 0.05) is 30.5 Å². The van der Waals surface area contributed by atoms with E-state index in [0.29, 0.717) is 12.5 Å². The van der Waals surface area contributed by atoms with Crippen LogP contribution in [0.4, 0.5) is 11.6 Å². The van der Waals surface area contributed by atoms with Crippen LogP contribution in [-0.2, 0) is 11.3 Å². The molecule has 1 aromatic carbocycles. The van der Waals surface area contributed by atoms with Gasteiger partial charge in [0.2, 0.25) is 11.9 Å². The van der Waals surface area contributed by atoms with Gasteiger partial charge in [-0.1, -0.05) is 12.1 Å². The van der Waals surface area contributed by atoms with Crippen molar-refractivity contribution in [3.63, 3.8) is 0 Å². The average Bonchev–Trinajstić information content (AvgIpc) is 3.32. The summed E-state index contributed by atoms with van der Waals surface area (Å²) in [7, 11) is 0. The lowest BCUT2D eigenvalue weighted by Crippen LogP contribution is -2.13. The van der Waals surface area contributed by atoms with Crippen molar-refractivity contribution in [1.29, 1.82) is 0 Å². The molecule has 20 heavy (non-hydrogen) atoms. The lowest BCUT2D eigenvalue weighted by Gasteiger charge is -2.07. The van der Waals surface area contributed by atoms with Crippen LogP contribution in [-0.4, -0.2) is 15.9 Å². The van der Waals surface area contributed by atoms with Gasteiger partial charge in [-0.2, -0.15) is 0 Å². The fourth-order valence-corrected chi connectivity index (χ4v) is 1.87. The standard InChI is InChI=1S/C15H16N4O/c20-14(12-4-5-12)19-13-6-2-11(3-7-13)10-18-15-16-8-1-9-17-15/h1-3,6-9,12H,4-5,10H2,(H,19,20)(H,16,17,18). The number of aromatic nitrogens is 2. The molecule has 5 nitrogen and oxygen atoms in total. The van der Waals surface area contributed by atoms with E-state index in [0.717, 1.165) is 24.1 Å². The lowest BCUT2D eigenvalue weighted by atomic mass is 10.2. The first-order valence-corrected chi connectivity index (χ1v) is 6.72. The molecule has 1 aliphatic carbocycles. The van der Waals surface area contributed by atoms with E-state index in [2.05, 4.69) is 20.6 Å². The predicted octanol–water partition coefficient (Wildman–Crippen LogP) is 2.44. The molecule has 0 saturated heterocycles. The molecule has 1 amide bonds. The van der Waals surface area contributed by atoms with Crippen molar-refractivity contribution in [2.75, 3.05) is 10.6 Å². The molecule has 5 heteroatoms. The summed E-state index contributed by atoms with van der Waals surface area (Å²) in [6, 6.07) is 9.59. The van der Waals surface area contributed by atoms with Gasteiger partial charge in [-0.25, -0.2) is 9.97 Å². The van der Waals surface area contributed by atoms with E-state index in [9.17, 15) is 4.79 Å². The number of carbonyl (C=O) groups is 1. The van der Waals surface area contributed by atoms with Crippen molar-refractivity contribution >= 4 is 17.5 Å². The summed E-state index contributed by atoms with van der Waals surface area (Å²) in [5.74, 6) is 0.971. The van der Waals surface area contributed by atoms with Crippen LogP contribution < -0.4 is 10.6 Å². The van der Waals surface area contributed by atoms with E-state index < -0.39 is 0 Å². The highest BCUT2D eigenvalue weighted by atomic mass is 16.2. The highest BCUT2D eigenvalue weighted by Gasteiger charge is 2.29. The topological polar surface area (TPSA) is 66.9 Å². The molecule has 2 N–H and O–H groups in total. The zero-order valence-corrected chi connectivity index (χ0v) is 11.0. The Morgan fingerprint density at radius 1 is 1.15 bits per heavy atom. The normalized spacial score (nSPS) is 13.8. The van der Waals surface area contributed by atoms with Gasteiger partial charge in [-0.05, 0) is 36.6 Å². The van der Waals surface area contributed by atoms with Crippen LogP contribution in [0, 0.1) is 5.92 Å². The molecule has 1 heterocycles. The van der Waals surface area contributed by atoms with Crippen LogP contribution in [0.2, 0.25) is 0 Å². The maximum absolute atomic E-state index is 11.6. The highest BCUT2D eigenvalue weighted by Crippen LogP contribution is 2.30. The van der Waals surface area contributed by atoms with Gasteiger partial charge in [-0.15, -0.1) is 0 Å². The zero-order valence-electron chi connectivity index (χ0n) is 11.0. The maximum atomic E-state index is 11.6. The van der Waals surface area contributed by atoms with Gasteiger partial charge in [-0.3, -0.25) is 4.79 Å². The number of nitrogens with one attached hydrogen (secondary N) is 2. The summed E-state index contributed by atoms with van der Waals surface area (Å²) in [6.07, 6.45) is 5.44. The molecule has 0 unspecified atom stereocenters. The zero-order chi connectivity index (χ0) is 13.8. The molecular weight excluding hydrogens is 252 g/mol. The van der Waals surface area contributed by atoms with Crippen LogP contribution >= 0.6 is 0 Å². The van der Waals surface area contributed by atoms with E-state index >= 15 is 0 Å². The smallest absolute Gasteiger partial charge is 0.227 e. The van der Waals surface area contributed by atoms with Crippen molar-refractivity contribution in [2.45, 2.75) is 19.4 Å². The van der Waals surface area contributed by atoms with E-state index in [1.165, 1.54) is 0 Å². The number of hydrogen-bond acceptors (Lipinski definition) is 4. The van der Waals surface area contributed by atoms with Gasteiger partial charge in [0.05, 0.1) is 0 Å². The molecule has 0 atom stereocenters. The van der Waals surface area contributed by atoms with Gasteiger partial charge in [0.15, 0.2) is 0 Å². The number of rotatable bonds is 5. The Labute approximate surface area is 117 Å². The van der Waals surface area contributed by atoms with Crippen LogP contribution in [0.15, 0.2) is 42.7 Å². The summed E-state index contributed by atoms with van der Waals surface area (Å²) < 4.78 is 0. The maximum Gasteiger partial charge on any atom is 0.227 e. The van der Waals surface area contributed by atoms with Crippen molar-refractivity contribution in [2.24, 2.45) is 5.92 Å². The molecule has 0 bridgehead atoms. The summed E-state index contributed by atoms with van der Waals surface area (Å²) in [5, 5.41) is 6.06. The van der Waals surface area contributed by atoms with E-state index in [-0.39, 0.29) is 11.8 Å². The SMILES string of the molecule is O=C(Nc1ccc(CNc2ncccn2)cc1)C1CC1. The Morgan fingerprint density at radius 2 is 1.85 bits per heavy atom. The molecular formula is C15H16N4O. The highest BCUT2D eigenvalue weighted by molar-refractivity contribution is 5.93. The van der Waals surface area contributed by atoms with Gasteiger partial charge >= 0.3 is 0 Å². The Balaban J connectivity index is 1.54. The second kappa shape index (κ2) is 5.69. The van der Waals surface area contributed by atoms with Crippen LogP contribution in [0.25, 0.3) is 0 Å².